The van der Waals surface area contributed by atoms with Crippen LogP contribution < -0.4 is 5.32 Å². The standard InChI is InChI=1S/C21H22N10O2/c1-13(2)26-17-7-19(31-20-15(10-25-31)6-14(8-22)9-24-20)23-11-18(17)30-12-16(27-28-30)4-5-29(3)21(32)33/h6-7,9-13H,4-5H2,1-3H3,(H,23,26)(H,32,33). The van der Waals surface area contributed by atoms with Gasteiger partial charge in [-0.15, -0.1) is 5.10 Å². The number of amides is 1. The number of fused-ring (bicyclic) bond motifs is 1. The molecule has 0 unspecified atom stereocenters. The first-order valence-electron chi connectivity index (χ1n) is 10.2. The quantitative estimate of drug-likeness (QED) is 0.435. The zero-order valence-electron chi connectivity index (χ0n) is 18.3. The lowest BCUT2D eigenvalue weighted by Gasteiger charge is -2.15. The lowest BCUT2D eigenvalue weighted by atomic mass is 10.2. The number of pyridine rings is 2. The van der Waals surface area contributed by atoms with Gasteiger partial charge in [0, 0.05) is 43.7 Å². The van der Waals surface area contributed by atoms with Crippen molar-refractivity contribution in [2.45, 2.75) is 26.3 Å². The van der Waals surface area contributed by atoms with Crippen LogP contribution in [0.3, 0.4) is 0 Å². The first-order valence-corrected chi connectivity index (χ1v) is 10.2. The summed E-state index contributed by atoms with van der Waals surface area (Å²) in [5.41, 5.74) is 3.18. The van der Waals surface area contributed by atoms with E-state index < -0.39 is 6.09 Å². The van der Waals surface area contributed by atoms with Gasteiger partial charge < -0.3 is 15.3 Å². The third kappa shape index (κ3) is 4.57. The first-order chi connectivity index (χ1) is 15.9. The smallest absolute Gasteiger partial charge is 0.407 e. The van der Waals surface area contributed by atoms with Crippen LogP contribution in [-0.2, 0) is 6.42 Å². The molecule has 1 amide bonds. The predicted octanol–water partition coefficient (Wildman–Crippen LogP) is 2.24. The zero-order chi connectivity index (χ0) is 23.5. The van der Waals surface area contributed by atoms with E-state index in [0.717, 1.165) is 11.1 Å². The largest absolute Gasteiger partial charge is 0.465 e. The second-order valence-electron chi connectivity index (χ2n) is 7.77. The Balaban J connectivity index is 1.67. The fraction of sp³-hybridized carbons (Fsp3) is 0.286. The van der Waals surface area contributed by atoms with Crippen molar-refractivity contribution in [1.29, 1.82) is 5.26 Å². The monoisotopic (exact) mass is 446 g/mol. The molecule has 4 aromatic rings. The number of likely N-dealkylation sites (N-methyl/N-ethyl adjacent to an activating group) is 1. The van der Waals surface area contributed by atoms with Gasteiger partial charge in [-0.25, -0.2) is 19.4 Å². The minimum absolute atomic E-state index is 0.136. The third-order valence-corrected chi connectivity index (χ3v) is 4.88. The molecule has 0 aliphatic heterocycles. The van der Waals surface area contributed by atoms with Gasteiger partial charge in [-0.1, -0.05) is 5.21 Å². The van der Waals surface area contributed by atoms with Crippen LogP contribution in [0, 0.1) is 11.3 Å². The molecular formula is C21H22N10O2. The van der Waals surface area contributed by atoms with E-state index >= 15 is 0 Å². The van der Waals surface area contributed by atoms with Crippen molar-refractivity contribution < 1.29 is 9.90 Å². The molecule has 4 heterocycles. The van der Waals surface area contributed by atoms with Gasteiger partial charge >= 0.3 is 6.09 Å². The maximum atomic E-state index is 11.0. The second-order valence-corrected chi connectivity index (χ2v) is 7.77. The average Bonchev–Trinajstić information content (AvgIpc) is 3.43. The summed E-state index contributed by atoms with van der Waals surface area (Å²) in [6.07, 6.45) is 6.02. The number of hydrogen-bond donors (Lipinski definition) is 2. The Morgan fingerprint density at radius 2 is 2.09 bits per heavy atom. The highest BCUT2D eigenvalue weighted by Crippen LogP contribution is 2.24. The molecule has 0 aromatic carbocycles. The molecule has 4 aromatic heterocycles. The summed E-state index contributed by atoms with van der Waals surface area (Å²) in [5, 5.41) is 35.0. The first kappa shape index (κ1) is 21.7. The number of nitriles is 1. The SMILES string of the molecule is CC(C)Nc1cc(-n2ncc3cc(C#N)cnc32)ncc1-n1cc(CCN(C)C(=O)O)nn1. The lowest BCUT2D eigenvalue weighted by Crippen LogP contribution is -2.26. The van der Waals surface area contributed by atoms with Gasteiger partial charge in [0.25, 0.3) is 0 Å². The van der Waals surface area contributed by atoms with Gasteiger partial charge in [-0.05, 0) is 19.9 Å². The maximum Gasteiger partial charge on any atom is 0.407 e. The molecule has 0 bridgehead atoms. The molecule has 4 rings (SSSR count). The van der Waals surface area contributed by atoms with Crippen molar-refractivity contribution in [2.75, 3.05) is 18.9 Å². The summed E-state index contributed by atoms with van der Waals surface area (Å²) >= 11 is 0. The Bertz CT molecular complexity index is 1350. The van der Waals surface area contributed by atoms with Crippen LogP contribution >= 0.6 is 0 Å². The van der Waals surface area contributed by atoms with Crippen LogP contribution in [0.2, 0.25) is 0 Å². The Morgan fingerprint density at radius 3 is 2.82 bits per heavy atom. The summed E-state index contributed by atoms with van der Waals surface area (Å²) in [6, 6.07) is 5.79. The van der Waals surface area contributed by atoms with E-state index in [1.165, 1.54) is 18.1 Å². The molecule has 2 N–H and O–H groups in total. The van der Waals surface area contributed by atoms with Crippen molar-refractivity contribution in [3.63, 3.8) is 0 Å². The molecule has 0 spiro atoms. The van der Waals surface area contributed by atoms with Crippen LogP contribution in [-0.4, -0.2) is 70.5 Å². The molecular weight excluding hydrogens is 424 g/mol. The van der Waals surface area contributed by atoms with E-state index in [9.17, 15) is 4.79 Å². The Hall–Kier alpha value is -4.53. The van der Waals surface area contributed by atoms with Crippen molar-refractivity contribution in [3.8, 4) is 17.6 Å². The maximum absolute atomic E-state index is 11.0. The molecule has 168 valence electrons. The van der Waals surface area contributed by atoms with Gasteiger partial charge in [0.15, 0.2) is 11.5 Å². The van der Waals surface area contributed by atoms with Gasteiger partial charge in [-0.2, -0.15) is 15.0 Å². The summed E-state index contributed by atoms with van der Waals surface area (Å²) in [4.78, 5) is 21.1. The van der Waals surface area contributed by atoms with E-state index in [1.54, 1.807) is 34.0 Å². The van der Waals surface area contributed by atoms with Gasteiger partial charge in [0.1, 0.15) is 11.8 Å². The minimum Gasteiger partial charge on any atom is -0.465 e. The van der Waals surface area contributed by atoms with Gasteiger partial charge in [-0.3, -0.25) is 0 Å². The second kappa shape index (κ2) is 8.91. The highest BCUT2D eigenvalue weighted by atomic mass is 16.4. The topological polar surface area (TPSA) is 151 Å². The molecule has 0 aliphatic rings. The normalized spacial score (nSPS) is 11.0. The molecule has 12 heteroatoms. The number of carbonyl (C=O) groups is 1. The third-order valence-electron chi connectivity index (χ3n) is 4.88. The van der Waals surface area contributed by atoms with Crippen LogP contribution in [0.15, 0.2) is 36.9 Å². The molecule has 12 nitrogen and oxygen atoms in total. The lowest BCUT2D eigenvalue weighted by molar-refractivity contribution is 0.156. The minimum atomic E-state index is -0.991. The molecule has 33 heavy (non-hydrogen) atoms. The number of anilines is 1. The summed E-state index contributed by atoms with van der Waals surface area (Å²) < 4.78 is 3.22. The number of nitrogens with one attached hydrogen (secondary N) is 1. The molecule has 0 radical (unpaired) electrons. The Labute approximate surface area is 189 Å². The number of nitrogens with zero attached hydrogens (tertiary/aromatic N) is 9. The Kier molecular flexibility index (Phi) is 5.86. The molecule has 0 fully saturated rings. The number of rotatable bonds is 7. The molecule has 0 saturated heterocycles. The van der Waals surface area contributed by atoms with Gasteiger partial charge in [0.2, 0.25) is 0 Å². The number of carboxylic acid groups (broad SMARTS) is 1. The Morgan fingerprint density at radius 1 is 1.27 bits per heavy atom. The van der Waals surface area contributed by atoms with E-state index in [0.29, 0.717) is 41.4 Å². The summed E-state index contributed by atoms with van der Waals surface area (Å²) in [7, 11) is 1.51. The van der Waals surface area contributed by atoms with Crippen molar-refractivity contribution in [1.82, 2.24) is 39.6 Å². The fourth-order valence-corrected chi connectivity index (χ4v) is 3.22. The van der Waals surface area contributed by atoms with E-state index in [1.807, 2.05) is 19.9 Å². The molecule has 0 aliphatic carbocycles. The van der Waals surface area contributed by atoms with Crippen molar-refractivity contribution in [3.05, 3.63) is 48.2 Å². The zero-order valence-corrected chi connectivity index (χ0v) is 18.3. The summed E-state index contributed by atoms with van der Waals surface area (Å²) in [5.74, 6) is 0.553. The predicted molar refractivity (Wildman–Crippen MR) is 119 cm³/mol. The van der Waals surface area contributed by atoms with Crippen molar-refractivity contribution >= 4 is 22.8 Å². The summed E-state index contributed by atoms with van der Waals surface area (Å²) in [6.45, 7) is 4.36. The van der Waals surface area contributed by atoms with E-state index in [2.05, 4.69) is 36.8 Å². The van der Waals surface area contributed by atoms with Crippen LogP contribution in [0.5, 0.6) is 0 Å². The number of hydrogen-bond acceptors (Lipinski definition) is 8. The number of aromatic nitrogens is 7. The van der Waals surface area contributed by atoms with Crippen LogP contribution in [0.1, 0.15) is 25.1 Å². The highest BCUT2D eigenvalue weighted by molar-refractivity contribution is 5.77. The van der Waals surface area contributed by atoms with E-state index in [4.69, 9.17) is 10.4 Å². The van der Waals surface area contributed by atoms with Crippen molar-refractivity contribution in [2.24, 2.45) is 0 Å². The molecule has 0 atom stereocenters. The van der Waals surface area contributed by atoms with E-state index in [-0.39, 0.29) is 6.04 Å². The average molecular weight is 446 g/mol. The van der Waals surface area contributed by atoms with Gasteiger partial charge in [0.05, 0.1) is 35.5 Å². The molecule has 0 saturated carbocycles. The fourth-order valence-electron chi connectivity index (χ4n) is 3.22. The van der Waals surface area contributed by atoms with Crippen LogP contribution in [0.25, 0.3) is 22.5 Å². The highest BCUT2D eigenvalue weighted by Gasteiger charge is 2.15. The van der Waals surface area contributed by atoms with Crippen LogP contribution in [0.4, 0.5) is 10.5 Å².